The Kier molecular flexibility index (Phi) is 4.20. The fraction of sp³-hybridized carbons (Fsp3) is 0.0588. The minimum atomic E-state index is -0.826. The molecule has 0 saturated heterocycles. The number of aldehydes is 1. The number of hydrogen-bond donors (Lipinski definition) is 0. The molecule has 0 aliphatic carbocycles. The monoisotopic (exact) mass is 268 g/mol. The lowest BCUT2D eigenvalue weighted by molar-refractivity contribution is 0.101. The van der Waals surface area contributed by atoms with Gasteiger partial charge in [-0.2, -0.15) is 0 Å². The van der Waals surface area contributed by atoms with E-state index in [2.05, 4.69) is 0 Å². The van der Waals surface area contributed by atoms with Crippen molar-refractivity contribution in [2.45, 2.75) is 6.92 Å². The summed E-state index contributed by atoms with van der Waals surface area (Å²) >= 11 is 0. The summed E-state index contributed by atoms with van der Waals surface area (Å²) in [4.78, 5) is 22.4. The van der Waals surface area contributed by atoms with Crippen LogP contribution in [0.3, 0.4) is 0 Å². The van der Waals surface area contributed by atoms with Gasteiger partial charge < -0.3 is 0 Å². The Morgan fingerprint density at radius 3 is 2.05 bits per heavy atom. The highest BCUT2D eigenvalue weighted by molar-refractivity contribution is 6.09. The second-order valence-corrected chi connectivity index (χ2v) is 4.47. The van der Waals surface area contributed by atoms with Crippen LogP contribution in [0.2, 0.25) is 0 Å². The zero-order valence-electron chi connectivity index (χ0n) is 11.0. The van der Waals surface area contributed by atoms with Crippen molar-refractivity contribution in [3.8, 4) is 0 Å². The molecule has 0 heterocycles. The topological polar surface area (TPSA) is 34.1 Å². The predicted octanol–water partition coefficient (Wildman–Crippen LogP) is 4.00. The van der Waals surface area contributed by atoms with E-state index in [0.717, 1.165) is 5.56 Å². The molecule has 0 N–H and O–H groups in total. The highest BCUT2D eigenvalue weighted by Crippen LogP contribution is 2.15. The molecule has 3 heteroatoms. The maximum atomic E-state index is 13.9. The molecule has 0 aliphatic heterocycles. The molecule has 0 radical (unpaired) electrons. The Hall–Kier alpha value is -2.55. The van der Waals surface area contributed by atoms with E-state index in [1.165, 1.54) is 30.3 Å². The molecule has 0 atom stereocenters. The largest absolute Gasteiger partial charge is 0.298 e. The quantitative estimate of drug-likeness (QED) is 0.477. The first kappa shape index (κ1) is 13.9. The van der Waals surface area contributed by atoms with Crippen LogP contribution in [0, 0.1) is 6.92 Å². The highest BCUT2D eigenvalue weighted by atomic mass is 19.1. The van der Waals surface area contributed by atoms with Crippen molar-refractivity contribution in [3.63, 3.8) is 0 Å². The first-order chi connectivity index (χ1) is 9.60. The van der Waals surface area contributed by atoms with Gasteiger partial charge in [-0.15, -0.1) is 0 Å². The van der Waals surface area contributed by atoms with E-state index in [4.69, 9.17) is 0 Å². The fourth-order valence-electron chi connectivity index (χ4n) is 1.73. The molecule has 0 spiro atoms. The zero-order valence-corrected chi connectivity index (χ0v) is 11.0. The second-order valence-electron chi connectivity index (χ2n) is 4.47. The second kappa shape index (κ2) is 6.06. The summed E-state index contributed by atoms with van der Waals surface area (Å²) in [5.41, 5.74) is 2.37. The molecular weight excluding hydrogens is 255 g/mol. The third-order valence-electron chi connectivity index (χ3n) is 2.90. The molecule has 0 saturated carbocycles. The average Bonchev–Trinajstić information content (AvgIpc) is 2.49. The summed E-state index contributed by atoms with van der Waals surface area (Å²) in [6.07, 6.45) is 1.88. The fourth-order valence-corrected chi connectivity index (χ4v) is 1.73. The molecule has 2 aromatic carbocycles. The lowest BCUT2D eigenvalue weighted by Gasteiger charge is -2.00. The molecule has 2 nitrogen and oxygen atoms in total. The number of aryl methyl sites for hydroxylation is 1. The molecule has 2 rings (SSSR count). The molecule has 0 unspecified atom stereocenters. The van der Waals surface area contributed by atoms with Gasteiger partial charge in [0.25, 0.3) is 0 Å². The lowest BCUT2D eigenvalue weighted by atomic mass is 10.1. The molecule has 2 aromatic rings. The number of halogens is 1. The molecule has 0 aromatic heterocycles. The van der Waals surface area contributed by atoms with Crippen LogP contribution in [0.5, 0.6) is 0 Å². The van der Waals surface area contributed by atoms with Gasteiger partial charge in [-0.05, 0) is 18.6 Å². The molecule has 100 valence electrons. The predicted molar refractivity (Wildman–Crippen MR) is 76.4 cm³/mol. The summed E-state index contributed by atoms with van der Waals surface area (Å²) in [6, 6.07) is 13.0. The van der Waals surface area contributed by atoms with Crippen LogP contribution in [0.25, 0.3) is 6.08 Å². The zero-order chi connectivity index (χ0) is 14.5. The smallest absolute Gasteiger partial charge is 0.221 e. The van der Waals surface area contributed by atoms with Crippen LogP contribution >= 0.6 is 0 Å². The van der Waals surface area contributed by atoms with Gasteiger partial charge in [-0.25, -0.2) is 4.39 Å². The van der Waals surface area contributed by atoms with E-state index in [1.807, 2.05) is 19.1 Å². The Morgan fingerprint density at radius 1 is 0.950 bits per heavy atom. The first-order valence-electron chi connectivity index (χ1n) is 6.14. The molecule has 20 heavy (non-hydrogen) atoms. The molecule has 0 bridgehead atoms. The van der Waals surface area contributed by atoms with Crippen LogP contribution in [0.4, 0.5) is 4.39 Å². The highest BCUT2D eigenvalue weighted by Gasteiger charge is 2.11. The number of carbonyl (C=O) groups excluding carboxylic acids is 2. The van der Waals surface area contributed by atoms with Crippen molar-refractivity contribution in [2.24, 2.45) is 0 Å². The van der Waals surface area contributed by atoms with Crippen LogP contribution < -0.4 is 0 Å². The lowest BCUT2D eigenvalue weighted by Crippen LogP contribution is -1.99. The number of carbonyl (C=O) groups is 2. The van der Waals surface area contributed by atoms with Crippen LogP contribution in [0.15, 0.2) is 54.4 Å². The van der Waals surface area contributed by atoms with Gasteiger partial charge in [-0.1, -0.05) is 54.1 Å². The molecule has 0 fully saturated rings. The van der Waals surface area contributed by atoms with Crippen molar-refractivity contribution in [2.75, 3.05) is 0 Å². The van der Waals surface area contributed by atoms with Crippen molar-refractivity contribution in [1.82, 2.24) is 0 Å². The Labute approximate surface area is 116 Å². The number of allylic oxidation sites excluding steroid dienone is 1. The summed E-state index contributed by atoms with van der Waals surface area (Å²) in [5.74, 6) is -1.52. The minimum Gasteiger partial charge on any atom is -0.298 e. The molecule has 0 amide bonds. The first-order valence-corrected chi connectivity index (χ1v) is 6.14. The van der Waals surface area contributed by atoms with E-state index < -0.39 is 11.6 Å². The number of Topliss-reactive ketones (excluding diaryl/α,β-unsaturated/α-hetero) is 1. The SMILES string of the molecule is Cc1ccc(/C=C(\F)C(=O)c2ccc(C=O)cc2)cc1. The summed E-state index contributed by atoms with van der Waals surface area (Å²) < 4.78 is 13.9. The molecular formula is C17H13FO2. The minimum absolute atomic E-state index is 0.219. The number of hydrogen-bond acceptors (Lipinski definition) is 2. The summed E-state index contributed by atoms with van der Waals surface area (Å²) in [6.45, 7) is 1.93. The van der Waals surface area contributed by atoms with Crippen molar-refractivity contribution in [1.29, 1.82) is 0 Å². The Bertz CT molecular complexity index is 652. The van der Waals surface area contributed by atoms with Crippen molar-refractivity contribution < 1.29 is 14.0 Å². The van der Waals surface area contributed by atoms with Gasteiger partial charge in [0.15, 0.2) is 5.83 Å². The Morgan fingerprint density at radius 2 is 1.50 bits per heavy atom. The number of rotatable bonds is 4. The van der Waals surface area contributed by atoms with Crippen LogP contribution in [-0.2, 0) is 0 Å². The van der Waals surface area contributed by atoms with Gasteiger partial charge >= 0.3 is 0 Å². The third kappa shape index (κ3) is 3.26. The standard InChI is InChI=1S/C17H13FO2/c1-12-2-4-13(5-3-12)10-16(18)17(20)15-8-6-14(11-19)7-9-15/h2-11H,1H3/b16-10-. The number of ketones is 1. The van der Waals surface area contributed by atoms with Gasteiger partial charge in [0.05, 0.1) is 0 Å². The third-order valence-corrected chi connectivity index (χ3v) is 2.90. The van der Waals surface area contributed by atoms with E-state index >= 15 is 0 Å². The summed E-state index contributed by atoms with van der Waals surface area (Å²) in [5, 5.41) is 0. The van der Waals surface area contributed by atoms with E-state index in [1.54, 1.807) is 12.1 Å². The van der Waals surface area contributed by atoms with E-state index in [-0.39, 0.29) is 5.56 Å². The number of benzene rings is 2. The van der Waals surface area contributed by atoms with Gasteiger partial charge in [0, 0.05) is 11.1 Å². The maximum absolute atomic E-state index is 13.9. The van der Waals surface area contributed by atoms with E-state index in [9.17, 15) is 14.0 Å². The average molecular weight is 268 g/mol. The van der Waals surface area contributed by atoms with Crippen molar-refractivity contribution in [3.05, 3.63) is 76.6 Å². The van der Waals surface area contributed by atoms with Crippen LogP contribution in [-0.4, -0.2) is 12.1 Å². The van der Waals surface area contributed by atoms with Gasteiger partial charge in [-0.3, -0.25) is 9.59 Å². The van der Waals surface area contributed by atoms with Crippen LogP contribution in [0.1, 0.15) is 31.8 Å². The molecule has 0 aliphatic rings. The van der Waals surface area contributed by atoms with E-state index in [0.29, 0.717) is 17.4 Å². The normalized spacial score (nSPS) is 11.2. The maximum Gasteiger partial charge on any atom is 0.221 e. The van der Waals surface area contributed by atoms with Gasteiger partial charge in [0.1, 0.15) is 6.29 Å². The Balaban J connectivity index is 2.22. The summed E-state index contributed by atoms with van der Waals surface area (Å²) in [7, 11) is 0. The van der Waals surface area contributed by atoms with Crippen molar-refractivity contribution >= 4 is 18.1 Å². The van der Waals surface area contributed by atoms with Gasteiger partial charge in [0.2, 0.25) is 5.78 Å².